The summed E-state index contributed by atoms with van der Waals surface area (Å²) >= 11 is 0. The highest BCUT2D eigenvalue weighted by molar-refractivity contribution is 5.94. The van der Waals surface area contributed by atoms with Gasteiger partial charge in [-0.05, 0) is 54.2 Å². The Morgan fingerprint density at radius 1 is 1.25 bits per heavy atom. The lowest BCUT2D eigenvalue weighted by molar-refractivity contribution is -0.126. The van der Waals surface area contributed by atoms with Crippen molar-refractivity contribution in [3.05, 3.63) is 46.5 Å². The summed E-state index contributed by atoms with van der Waals surface area (Å²) in [7, 11) is 0. The highest BCUT2D eigenvalue weighted by Gasteiger charge is 2.55. The molecule has 0 saturated heterocycles. The molecule has 0 aromatic heterocycles. The zero-order chi connectivity index (χ0) is 13.9. The maximum Gasteiger partial charge on any atom is 0.144 e. The molecular formula is C19H22O. The average molecular weight is 266 g/mol. The van der Waals surface area contributed by atoms with Crippen molar-refractivity contribution in [1.29, 1.82) is 0 Å². The summed E-state index contributed by atoms with van der Waals surface area (Å²) in [5.41, 5.74) is 5.68. The topological polar surface area (TPSA) is 17.1 Å². The van der Waals surface area contributed by atoms with Crippen molar-refractivity contribution in [3.8, 4) is 0 Å². The van der Waals surface area contributed by atoms with E-state index in [9.17, 15) is 4.79 Å². The number of benzene rings is 1. The Kier molecular flexibility index (Phi) is 2.52. The van der Waals surface area contributed by atoms with E-state index in [1.165, 1.54) is 22.3 Å². The van der Waals surface area contributed by atoms with Gasteiger partial charge in [-0.2, -0.15) is 0 Å². The zero-order valence-corrected chi connectivity index (χ0v) is 12.4. The van der Waals surface area contributed by atoms with E-state index in [0.29, 0.717) is 17.6 Å². The quantitative estimate of drug-likeness (QED) is 0.692. The summed E-state index contributed by atoms with van der Waals surface area (Å²) in [5, 5.41) is 0. The largest absolute Gasteiger partial charge is 0.299 e. The molecule has 0 N–H and O–H groups in total. The predicted octanol–water partition coefficient (Wildman–Crippen LogP) is 4.30. The van der Waals surface area contributed by atoms with Crippen molar-refractivity contribution in [1.82, 2.24) is 0 Å². The first-order chi connectivity index (χ1) is 9.63. The smallest absolute Gasteiger partial charge is 0.144 e. The summed E-state index contributed by atoms with van der Waals surface area (Å²) in [4.78, 5) is 12.9. The van der Waals surface area contributed by atoms with E-state index in [1.54, 1.807) is 0 Å². The SMILES string of the molecule is CC(C)c1cccc2c1C1(CC3=CCC1C3)C(=O)CC2. The molecule has 2 unspecified atom stereocenters. The number of allylic oxidation sites excluding steroid dienone is 2. The van der Waals surface area contributed by atoms with Crippen LogP contribution in [0.15, 0.2) is 29.8 Å². The molecule has 1 spiro atoms. The normalized spacial score (nSPS) is 31.1. The molecule has 0 radical (unpaired) electrons. The third-order valence-electron chi connectivity index (χ3n) is 5.77. The summed E-state index contributed by atoms with van der Waals surface area (Å²) < 4.78 is 0. The van der Waals surface area contributed by atoms with Gasteiger partial charge in [-0.15, -0.1) is 0 Å². The second-order valence-corrected chi connectivity index (χ2v) is 7.11. The number of fused-ring (bicyclic) bond motifs is 5. The number of Topliss-reactive ketones (excluding diaryl/α,β-unsaturated/α-hetero) is 1. The molecule has 1 nitrogen and oxygen atoms in total. The monoisotopic (exact) mass is 266 g/mol. The third-order valence-corrected chi connectivity index (χ3v) is 5.77. The second kappa shape index (κ2) is 4.07. The molecule has 2 bridgehead atoms. The van der Waals surface area contributed by atoms with E-state index in [4.69, 9.17) is 0 Å². The van der Waals surface area contributed by atoms with E-state index >= 15 is 0 Å². The van der Waals surface area contributed by atoms with Gasteiger partial charge in [0, 0.05) is 6.42 Å². The molecule has 1 fully saturated rings. The molecule has 1 aromatic rings. The number of rotatable bonds is 1. The standard InChI is InChI=1S/C19H22O/c1-12(2)16-5-3-4-14-7-9-17(20)19(18(14)16)11-13-6-8-15(19)10-13/h3-6,12,15H,7-11H2,1-2H3. The van der Waals surface area contributed by atoms with Crippen LogP contribution in [-0.4, -0.2) is 5.78 Å². The number of aryl methyl sites for hydroxylation is 1. The van der Waals surface area contributed by atoms with Crippen LogP contribution in [0.3, 0.4) is 0 Å². The van der Waals surface area contributed by atoms with Crippen LogP contribution in [-0.2, 0) is 16.6 Å². The van der Waals surface area contributed by atoms with Gasteiger partial charge in [-0.3, -0.25) is 4.79 Å². The number of ketones is 1. The molecule has 1 aromatic carbocycles. The van der Waals surface area contributed by atoms with Crippen LogP contribution in [0.25, 0.3) is 0 Å². The minimum absolute atomic E-state index is 0.154. The number of carbonyl (C=O) groups is 1. The van der Waals surface area contributed by atoms with Crippen LogP contribution < -0.4 is 0 Å². The van der Waals surface area contributed by atoms with Crippen molar-refractivity contribution in [2.75, 3.05) is 0 Å². The highest BCUT2D eigenvalue weighted by Crippen LogP contribution is 2.58. The fraction of sp³-hybridized carbons (Fsp3) is 0.526. The molecule has 1 saturated carbocycles. The Labute approximate surface area is 121 Å². The molecule has 3 aliphatic rings. The molecule has 20 heavy (non-hydrogen) atoms. The minimum atomic E-state index is -0.154. The average Bonchev–Trinajstić information content (AvgIpc) is 3.04. The third kappa shape index (κ3) is 1.41. The van der Waals surface area contributed by atoms with Gasteiger partial charge in [0.15, 0.2) is 0 Å². The molecule has 0 aliphatic heterocycles. The molecule has 1 heteroatoms. The number of hydrogen-bond donors (Lipinski definition) is 0. The predicted molar refractivity (Wildman–Crippen MR) is 81.0 cm³/mol. The van der Waals surface area contributed by atoms with Gasteiger partial charge in [0.25, 0.3) is 0 Å². The lowest BCUT2D eigenvalue weighted by Crippen LogP contribution is -2.44. The molecule has 0 heterocycles. The van der Waals surface area contributed by atoms with Gasteiger partial charge in [-0.1, -0.05) is 43.7 Å². The first-order valence-corrected chi connectivity index (χ1v) is 7.96. The first kappa shape index (κ1) is 12.4. The van der Waals surface area contributed by atoms with E-state index in [2.05, 4.69) is 38.1 Å². The Morgan fingerprint density at radius 2 is 2.10 bits per heavy atom. The minimum Gasteiger partial charge on any atom is -0.299 e. The van der Waals surface area contributed by atoms with Gasteiger partial charge >= 0.3 is 0 Å². The second-order valence-electron chi connectivity index (χ2n) is 7.11. The number of hydrogen-bond acceptors (Lipinski definition) is 1. The lowest BCUT2D eigenvalue weighted by atomic mass is 9.60. The van der Waals surface area contributed by atoms with Crippen molar-refractivity contribution in [2.45, 2.75) is 57.3 Å². The van der Waals surface area contributed by atoms with Crippen LogP contribution >= 0.6 is 0 Å². The highest BCUT2D eigenvalue weighted by atomic mass is 16.1. The van der Waals surface area contributed by atoms with Gasteiger partial charge < -0.3 is 0 Å². The Hall–Kier alpha value is -1.37. The Morgan fingerprint density at radius 3 is 2.75 bits per heavy atom. The summed E-state index contributed by atoms with van der Waals surface area (Å²) in [6.45, 7) is 4.52. The van der Waals surface area contributed by atoms with Crippen LogP contribution in [0.2, 0.25) is 0 Å². The maximum atomic E-state index is 12.9. The Balaban J connectivity index is 1.99. The van der Waals surface area contributed by atoms with E-state index < -0.39 is 0 Å². The van der Waals surface area contributed by atoms with Crippen molar-refractivity contribution >= 4 is 5.78 Å². The van der Waals surface area contributed by atoms with E-state index in [1.807, 2.05) is 0 Å². The lowest BCUT2D eigenvalue weighted by Gasteiger charge is -2.42. The molecule has 0 amide bonds. The zero-order valence-electron chi connectivity index (χ0n) is 12.4. The van der Waals surface area contributed by atoms with Crippen LogP contribution in [0.1, 0.15) is 62.1 Å². The summed E-state index contributed by atoms with van der Waals surface area (Å²) in [5.74, 6) is 1.57. The molecule has 104 valence electrons. The number of carbonyl (C=O) groups excluding carboxylic acids is 1. The Bertz CT molecular complexity index is 623. The van der Waals surface area contributed by atoms with Crippen LogP contribution in [0.4, 0.5) is 0 Å². The summed E-state index contributed by atoms with van der Waals surface area (Å²) in [6.07, 6.45) is 7.37. The fourth-order valence-corrected chi connectivity index (χ4v) is 4.90. The molecule has 3 aliphatic carbocycles. The van der Waals surface area contributed by atoms with Crippen molar-refractivity contribution < 1.29 is 4.79 Å². The van der Waals surface area contributed by atoms with Crippen LogP contribution in [0, 0.1) is 5.92 Å². The fourth-order valence-electron chi connectivity index (χ4n) is 4.90. The van der Waals surface area contributed by atoms with Crippen molar-refractivity contribution in [3.63, 3.8) is 0 Å². The van der Waals surface area contributed by atoms with Gasteiger partial charge in [0.1, 0.15) is 5.78 Å². The molecule has 2 atom stereocenters. The molecule has 4 rings (SSSR count). The maximum absolute atomic E-state index is 12.9. The van der Waals surface area contributed by atoms with Crippen LogP contribution in [0.5, 0.6) is 0 Å². The van der Waals surface area contributed by atoms with Crippen molar-refractivity contribution in [2.24, 2.45) is 5.92 Å². The van der Waals surface area contributed by atoms with E-state index in [0.717, 1.165) is 32.1 Å². The first-order valence-electron chi connectivity index (χ1n) is 7.96. The van der Waals surface area contributed by atoms with Gasteiger partial charge in [0.05, 0.1) is 5.41 Å². The summed E-state index contributed by atoms with van der Waals surface area (Å²) in [6, 6.07) is 6.70. The molecular weight excluding hydrogens is 244 g/mol. The van der Waals surface area contributed by atoms with E-state index in [-0.39, 0.29) is 5.41 Å². The van der Waals surface area contributed by atoms with Gasteiger partial charge in [-0.25, -0.2) is 0 Å². The van der Waals surface area contributed by atoms with Gasteiger partial charge in [0.2, 0.25) is 0 Å².